The molecule has 27 heavy (non-hydrogen) atoms. The Hall–Kier alpha value is -2.52. The average Bonchev–Trinajstić information content (AvgIpc) is 2.85. The first-order chi connectivity index (χ1) is 12.8. The number of nitrogens with one attached hydrogen (secondary N) is 1. The number of likely N-dealkylation sites (N-methyl/N-ethyl adjacent to an activating group) is 1. The van der Waals surface area contributed by atoms with Crippen molar-refractivity contribution < 1.29 is 19.6 Å². The summed E-state index contributed by atoms with van der Waals surface area (Å²) in [6.45, 7) is 2.40. The number of aliphatic carboxylic acids is 1. The lowest BCUT2D eigenvalue weighted by Gasteiger charge is -2.25. The molecule has 0 spiro atoms. The summed E-state index contributed by atoms with van der Waals surface area (Å²) in [6, 6.07) is 6.01. The van der Waals surface area contributed by atoms with E-state index in [4.69, 9.17) is 5.11 Å². The van der Waals surface area contributed by atoms with Gasteiger partial charge in [-0.25, -0.2) is 0 Å². The Morgan fingerprint density at radius 1 is 1.30 bits per heavy atom. The van der Waals surface area contributed by atoms with E-state index >= 15 is 0 Å². The third-order valence-electron chi connectivity index (χ3n) is 4.82. The monoisotopic (exact) mass is 378 g/mol. The summed E-state index contributed by atoms with van der Waals surface area (Å²) in [5.74, 6) is -0.950. The Kier molecular flexibility index (Phi) is 7.68. The summed E-state index contributed by atoms with van der Waals surface area (Å²) in [6.07, 6.45) is 3.15. The number of nitro benzene ring substituents is 1. The number of hydrogen-bond acceptors (Lipinski definition) is 6. The van der Waals surface area contributed by atoms with Crippen LogP contribution in [0.25, 0.3) is 0 Å². The van der Waals surface area contributed by atoms with Crippen LogP contribution in [0.3, 0.4) is 0 Å². The van der Waals surface area contributed by atoms with Crippen molar-refractivity contribution in [1.29, 1.82) is 0 Å². The predicted octanol–water partition coefficient (Wildman–Crippen LogP) is 1.79. The van der Waals surface area contributed by atoms with E-state index in [1.54, 1.807) is 0 Å². The summed E-state index contributed by atoms with van der Waals surface area (Å²) >= 11 is 0. The Balaban J connectivity index is 1.75. The van der Waals surface area contributed by atoms with Gasteiger partial charge in [0.2, 0.25) is 5.91 Å². The molecule has 148 valence electrons. The number of nitro groups is 1. The van der Waals surface area contributed by atoms with E-state index in [1.807, 2.05) is 11.9 Å². The number of anilines is 1. The summed E-state index contributed by atoms with van der Waals surface area (Å²) in [7, 11) is 1.84. The molecule has 1 aliphatic rings. The summed E-state index contributed by atoms with van der Waals surface area (Å²) in [5, 5.41) is 22.3. The fraction of sp³-hybridized carbons (Fsp3) is 0.556. The summed E-state index contributed by atoms with van der Waals surface area (Å²) in [4.78, 5) is 37.2. The number of benzene rings is 1. The highest BCUT2D eigenvalue weighted by molar-refractivity contribution is 5.90. The number of hydrogen-bond donors (Lipinski definition) is 2. The third-order valence-corrected chi connectivity index (χ3v) is 4.82. The lowest BCUT2D eigenvalue weighted by atomic mass is 10.1. The first-order valence-electron chi connectivity index (χ1n) is 9.04. The van der Waals surface area contributed by atoms with Gasteiger partial charge in [-0.2, -0.15) is 0 Å². The molecule has 1 aromatic carbocycles. The van der Waals surface area contributed by atoms with E-state index in [-0.39, 0.29) is 24.2 Å². The van der Waals surface area contributed by atoms with Gasteiger partial charge in [-0.3, -0.25) is 24.6 Å². The maximum Gasteiger partial charge on any atom is 0.317 e. The number of carboxylic acid groups (broad SMARTS) is 1. The van der Waals surface area contributed by atoms with Gasteiger partial charge in [0.1, 0.15) is 0 Å². The Morgan fingerprint density at radius 3 is 2.63 bits per heavy atom. The number of nitrogens with zero attached hydrogens (tertiary/aromatic N) is 3. The van der Waals surface area contributed by atoms with Gasteiger partial charge in [0.25, 0.3) is 5.69 Å². The minimum absolute atomic E-state index is 0.0139. The summed E-state index contributed by atoms with van der Waals surface area (Å²) in [5.41, 5.74) is 0.525. The average molecular weight is 378 g/mol. The number of carbonyl (C=O) groups excluding carboxylic acids is 1. The van der Waals surface area contributed by atoms with Crippen LogP contribution in [0.1, 0.15) is 25.7 Å². The second kappa shape index (κ2) is 9.98. The van der Waals surface area contributed by atoms with Crippen LogP contribution in [0.15, 0.2) is 24.3 Å². The maximum absolute atomic E-state index is 12.1. The van der Waals surface area contributed by atoms with Crippen LogP contribution in [0.4, 0.5) is 11.4 Å². The molecule has 1 aliphatic heterocycles. The van der Waals surface area contributed by atoms with E-state index in [2.05, 4.69) is 10.2 Å². The highest BCUT2D eigenvalue weighted by atomic mass is 16.6. The number of likely N-dealkylation sites (tertiary alicyclic amines) is 1. The molecule has 0 aromatic heterocycles. The van der Waals surface area contributed by atoms with Gasteiger partial charge in [0, 0.05) is 36.8 Å². The molecule has 0 radical (unpaired) electrons. The van der Waals surface area contributed by atoms with Crippen LogP contribution in [-0.4, -0.2) is 71.0 Å². The molecule has 1 heterocycles. The van der Waals surface area contributed by atoms with Crippen molar-refractivity contribution in [2.45, 2.75) is 31.7 Å². The zero-order chi connectivity index (χ0) is 19.8. The molecular formula is C18H26N4O5. The van der Waals surface area contributed by atoms with Crippen molar-refractivity contribution in [3.8, 4) is 0 Å². The molecular weight excluding hydrogens is 352 g/mol. The minimum atomic E-state index is -0.818. The third kappa shape index (κ3) is 6.95. The first kappa shape index (κ1) is 20.8. The van der Waals surface area contributed by atoms with Crippen LogP contribution < -0.4 is 5.32 Å². The lowest BCUT2D eigenvalue weighted by molar-refractivity contribution is -0.384. The molecule has 1 unspecified atom stereocenters. The quantitative estimate of drug-likeness (QED) is 0.523. The molecule has 1 atom stereocenters. The normalized spacial score (nSPS) is 18.1. The molecule has 0 aliphatic carbocycles. The molecule has 1 amide bonds. The van der Waals surface area contributed by atoms with Gasteiger partial charge in [0.15, 0.2) is 0 Å². The van der Waals surface area contributed by atoms with Gasteiger partial charge in [-0.1, -0.05) is 0 Å². The zero-order valence-electron chi connectivity index (χ0n) is 15.5. The van der Waals surface area contributed by atoms with Crippen LogP contribution >= 0.6 is 0 Å². The van der Waals surface area contributed by atoms with Crippen LogP contribution in [-0.2, 0) is 9.59 Å². The molecule has 1 aromatic rings. The number of non-ortho nitro benzene ring substituents is 1. The van der Waals surface area contributed by atoms with Gasteiger partial charge >= 0.3 is 5.97 Å². The van der Waals surface area contributed by atoms with Crippen LogP contribution in [0, 0.1) is 10.1 Å². The number of amides is 1. The largest absolute Gasteiger partial charge is 0.480 e. The number of carbonyl (C=O) groups is 2. The number of rotatable bonds is 8. The highest BCUT2D eigenvalue weighted by Gasteiger charge is 2.21. The van der Waals surface area contributed by atoms with E-state index in [1.165, 1.54) is 24.3 Å². The van der Waals surface area contributed by atoms with Gasteiger partial charge < -0.3 is 15.3 Å². The SMILES string of the molecule is CN(CC(=O)O)C1CCCN(CCC(=O)Nc2ccc([N+](=O)[O-])cc2)CC1. The van der Waals surface area contributed by atoms with Crippen molar-refractivity contribution in [1.82, 2.24) is 9.80 Å². The molecule has 9 heteroatoms. The minimum Gasteiger partial charge on any atom is -0.480 e. The molecule has 1 fully saturated rings. The highest BCUT2D eigenvalue weighted by Crippen LogP contribution is 2.17. The molecule has 1 saturated heterocycles. The van der Waals surface area contributed by atoms with Crippen LogP contribution in [0.2, 0.25) is 0 Å². The second-order valence-corrected chi connectivity index (χ2v) is 6.84. The van der Waals surface area contributed by atoms with Crippen molar-refractivity contribution in [2.75, 3.05) is 38.5 Å². The van der Waals surface area contributed by atoms with E-state index < -0.39 is 10.9 Å². The number of carboxylic acids is 1. The van der Waals surface area contributed by atoms with E-state index in [0.717, 1.165) is 32.4 Å². The molecule has 2 N–H and O–H groups in total. The van der Waals surface area contributed by atoms with Crippen molar-refractivity contribution >= 4 is 23.3 Å². The van der Waals surface area contributed by atoms with Crippen LogP contribution in [0.5, 0.6) is 0 Å². The van der Waals surface area contributed by atoms with Gasteiger partial charge in [-0.05, 0) is 51.5 Å². The fourth-order valence-corrected chi connectivity index (χ4v) is 3.29. The fourth-order valence-electron chi connectivity index (χ4n) is 3.29. The Bertz CT molecular complexity index is 664. The molecule has 2 rings (SSSR count). The lowest BCUT2D eigenvalue weighted by Crippen LogP contribution is -2.36. The van der Waals surface area contributed by atoms with E-state index in [9.17, 15) is 19.7 Å². The van der Waals surface area contributed by atoms with Crippen molar-refractivity contribution in [3.05, 3.63) is 34.4 Å². The van der Waals surface area contributed by atoms with Gasteiger partial charge in [0.05, 0.1) is 11.5 Å². The first-order valence-corrected chi connectivity index (χ1v) is 9.04. The maximum atomic E-state index is 12.1. The van der Waals surface area contributed by atoms with Gasteiger partial charge in [-0.15, -0.1) is 0 Å². The molecule has 0 saturated carbocycles. The van der Waals surface area contributed by atoms with Crippen molar-refractivity contribution in [2.24, 2.45) is 0 Å². The summed E-state index contributed by atoms with van der Waals surface area (Å²) < 4.78 is 0. The zero-order valence-corrected chi connectivity index (χ0v) is 15.5. The standard InChI is InChI=1S/C18H26N4O5/c1-20(13-18(24)25)15-3-2-10-21(11-8-15)12-9-17(23)19-14-4-6-16(7-5-14)22(26)27/h4-7,15H,2-3,8-13H2,1H3,(H,19,23)(H,24,25). The smallest absolute Gasteiger partial charge is 0.317 e. The Morgan fingerprint density at radius 2 is 2.00 bits per heavy atom. The molecule has 9 nitrogen and oxygen atoms in total. The molecule has 0 bridgehead atoms. The van der Waals surface area contributed by atoms with E-state index in [0.29, 0.717) is 18.7 Å². The predicted molar refractivity (Wildman–Crippen MR) is 101 cm³/mol. The van der Waals surface area contributed by atoms with Crippen molar-refractivity contribution in [3.63, 3.8) is 0 Å². The Labute approximate surface area is 158 Å². The topological polar surface area (TPSA) is 116 Å². The second-order valence-electron chi connectivity index (χ2n) is 6.84.